The number of hydrogen-bond donors (Lipinski definition) is 2. The summed E-state index contributed by atoms with van der Waals surface area (Å²) < 4.78 is 0.685. The Morgan fingerprint density at radius 3 is 3.05 bits per heavy atom. The number of aliphatic hydroxyl groups excluding tert-OH is 1. The molecule has 1 fully saturated rings. The molecule has 0 radical (unpaired) electrons. The van der Waals surface area contributed by atoms with Crippen molar-refractivity contribution in [1.29, 1.82) is 0 Å². The van der Waals surface area contributed by atoms with Crippen LogP contribution in [0.15, 0.2) is 9.72 Å². The quantitative estimate of drug-likeness (QED) is 0.759. The van der Waals surface area contributed by atoms with Crippen molar-refractivity contribution >= 4 is 35.0 Å². The first-order valence-corrected chi connectivity index (χ1v) is 7.70. The standard InChI is InChI=1S/C11H14N2O4S2/c14-5-7-1-2-9(15)13(7)3-4-18-11-12-8(6-19-11)10(16)17/h6-7,14H,1-5H2,(H,16,17)/t7-/m1/s1. The third kappa shape index (κ3) is 3.46. The van der Waals surface area contributed by atoms with Crippen molar-refractivity contribution in [3.63, 3.8) is 0 Å². The van der Waals surface area contributed by atoms with Crippen molar-refractivity contribution in [2.75, 3.05) is 18.9 Å². The number of thiazole rings is 1. The molecule has 1 aliphatic rings. The second-order valence-electron chi connectivity index (χ2n) is 4.11. The number of nitrogens with zero attached hydrogens (tertiary/aromatic N) is 2. The molecule has 2 rings (SSSR count). The summed E-state index contributed by atoms with van der Waals surface area (Å²) >= 11 is 2.71. The Morgan fingerprint density at radius 1 is 1.63 bits per heavy atom. The van der Waals surface area contributed by atoms with Gasteiger partial charge in [0.05, 0.1) is 12.6 Å². The first-order valence-electron chi connectivity index (χ1n) is 5.83. The van der Waals surface area contributed by atoms with Crippen molar-refractivity contribution in [2.45, 2.75) is 23.2 Å². The van der Waals surface area contributed by atoms with Gasteiger partial charge in [-0.05, 0) is 6.42 Å². The molecule has 1 amide bonds. The van der Waals surface area contributed by atoms with Crippen LogP contribution in [0.5, 0.6) is 0 Å². The molecule has 0 unspecified atom stereocenters. The minimum Gasteiger partial charge on any atom is -0.476 e. The van der Waals surface area contributed by atoms with Crippen LogP contribution in [0.25, 0.3) is 0 Å². The van der Waals surface area contributed by atoms with E-state index in [1.807, 2.05) is 0 Å². The molecule has 0 spiro atoms. The summed E-state index contributed by atoms with van der Waals surface area (Å²) in [5.41, 5.74) is 0.0537. The van der Waals surface area contributed by atoms with Gasteiger partial charge >= 0.3 is 5.97 Å². The maximum atomic E-state index is 11.6. The van der Waals surface area contributed by atoms with Crippen LogP contribution in [-0.2, 0) is 4.79 Å². The van der Waals surface area contributed by atoms with Gasteiger partial charge in [-0.25, -0.2) is 9.78 Å². The molecule has 0 saturated carbocycles. The molecule has 8 heteroatoms. The van der Waals surface area contributed by atoms with Gasteiger partial charge in [-0.2, -0.15) is 0 Å². The number of aromatic nitrogens is 1. The highest BCUT2D eigenvalue weighted by atomic mass is 32.2. The third-order valence-corrected chi connectivity index (χ3v) is 4.92. The van der Waals surface area contributed by atoms with Crippen LogP contribution in [0.4, 0.5) is 0 Å². The average molecular weight is 302 g/mol. The molecule has 0 bridgehead atoms. The molecule has 1 aromatic rings. The molecule has 1 atom stereocenters. The lowest BCUT2D eigenvalue weighted by Crippen LogP contribution is -2.36. The van der Waals surface area contributed by atoms with E-state index in [-0.39, 0.29) is 24.2 Å². The van der Waals surface area contributed by atoms with E-state index in [0.29, 0.717) is 29.5 Å². The summed E-state index contributed by atoms with van der Waals surface area (Å²) in [6.07, 6.45) is 1.21. The fourth-order valence-corrected chi connectivity index (χ4v) is 3.75. The van der Waals surface area contributed by atoms with Crippen LogP contribution < -0.4 is 0 Å². The van der Waals surface area contributed by atoms with Crippen molar-refractivity contribution in [3.05, 3.63) is 11.1 Å². The van der Waals surface area contributed by atoms with E-state index >= 15 is 0 Å². The lowest BCUT2D eigenvalue weighted by atomic mass is 10.2. The maximum absolute atomic E-state index is 11.6. The van der Waals surface area contributed by atoms with Crippen molar-refractivity contribution < 1.29 is 19.8 Å². The summed E-state index contributed by atoms with van der Waals surface area (Å²) in [4.78, 5) is 27.9. The van der Waals surface area contributed by atoms with Gasteiger partial charge in [0.15, 0.2) is 10.0 Å². The van der Waals surface area contributed by atoms with E-state index in [0.717, 1.165) is 0 Å². The molecule has 0 aliphatic carbocycles. The number of amides is 1. The zero-order valence-corrected chi connectivity index (χ0v) is 11.7. The number of hydrogen-bond acceptors (Lipinski definition) is 6. The van der Waals surface area contributed by atoms with E-state index in [9.17, 15) is 9.59 Å². The molecule has 1 aromatic heterocycles. The molecular formula is C11H14N2O4S2. The van der Waals surface area contributed by atoms with Crippen molar-refractivity contribution in [1.82, 2.24) is 9.88 Å². The molecule has 2 heterocycles. The van der Waals surface area contributed by atoms with Gasteiger partial charge in [0, 0.05) is 24.1 Å². The van der Waals surface area contributed by atoms with Gasteiger partial charge in [-0.3, -0.25) is 4.79 Å². The Kier molecular flexibility index (Phi) is 4.78. The van der Waals surface area contributed by atoms with Crippen LogP contribution in [-0.4, -0.2) is 56.9 Å². The highest BCUT2D eigenvalue weighted by molar-refractivity contribution is 8.01. The Bertz CT molecular complexity index is 477. The van der Waals surface area contributed by atoms with E-state index in [2.05, 4.69) is 4.98 Å². The number of carbonyl (C=O) groups excluding carboxylic acids is 1. The number of carboxylic acid groups (broad SMARTS) is 1. The Labute approximate surface area is 118 Å². The predicted octanol–water partition coefficient (Wildman–Crippen LogP) is 0.917. The van der Waals surface area contributed by atoms with Crippen LogP contribution in [0.3, 0.4) is 0 Å². The molecule has 1 aliphatic heterocycles. The zero-order valence-electron chi connectivity index (χ0n) is 10.1. The number of rotatable bonds is 6. The third-order valence-electron chi connectivity index (χ3n) is 2.92. The van der Waals surface area contributed by atoms with Crippen LogP contribution in [0, 0.1) is 0 Å². The second-order valence-corrected chi connectivity index (χ2v) is 6.31. The average Bonchev–Trinajstić information content (AvgIpc) is 2.98. The highest BCUT2D eigenvalue weighted by Gasteiger charge is 2.29. The number of thioether (sulfide) groups is 1. The summed E-state index contributed by atoms with van der Waals surface area (Å²) in [5.74, 6) is -0.308. The van der Waals surface area contributed by atoms with E-state index < -0.39 is 5.97 Å². The van der Waals surface area contributed by atoms with Gasteiger partial charge in [0.1, 0.15) is 0 Å². The first-order chi connectivity index (χ1) is 9.11. The minimum atomic E-state index is -1.03. The van der Waals surface area contributed by atoms with Gasteiger partial charge in [0.25, 0.3) is 0 Å². The number of aromatic carboxylic acids is 1. The largest absolute Gasteiger partial charge is 0.476 e. The summed E-state index contributed by atoms with van der Waals surface area (Å²) in [5, 5.41) is 19.4. The van der Waals surface area contributed by atoms with Crippen LogP contribution >= 0.6 is 23.1 Å². The van der Waals surface area contributed by atoms with Crippen LogP contribution in [0.2, 0.25) is 0 Å². The molecule has 1 saturated heterocycles. The molecule has 0 aromatic carbocycles. The monoisotopic (exact) mass is 302 g/mol. The molecule has 2 N–H and O–H groups in total. The lowest BCUT2D eigenvalue weighted by molar-refractivity contribution is -0.129. The fourth-order valence-electron chi connectivity index (χ4n) is 1.94. The summed E-state index contributed by atoms with van der Waals surface area (Å²) in [6, 6.07) is -0.0704. The van der Waals surface area contributed by atoms with Gasteiger partial charge < -0.3 is 15.1 Å². The zero-order chi connectivity index (χ0) is 13.8. The smallest absolute Gasteiger partial charge is 0.355 e. The van der Waals surface area contributed by atoms with E-state index in [1.54, 1.807) is 4.90 Å². The summed E-state index contributed by atoms with van der Waals surface area (Å²) in [6.45, 7) is 0.549. The fraction of sp³-hybridized carbons (Fsp3) is 0.545. The molecule has 104 valence electrons. The Morgan fingerprint density at radius 2 is 2.42 bits per heavy atom. The number of carbonyl (C=O) groups is 2. The van der Waals surface area contributed by atoms with E-state index in [4.69, 9.17) is 10.2 Å². The predicted molar refractivity (Wildman–Crippen MR) is 71.6 cm³/mol. The topological polar surface area (TPSA) is 90.7 Å². The second kappa shape index (κ2) is 6.36. The number of aliphatic hydroxyl groups is 1. The SMILES string of the molecule is O=C(O)c1csc(SCCN2C(=O)CC[C@@H]2CO)n1. The van der Waals surface area contributed by atoms with Gasteiger partial charge in [0.2, 0.25) is 5.91 Å². The van der Waals surface area contributed by atoms with Gasteiger partial charge in [-0.1, -0.05) is 11.8 Å². The molecule has 19 heavy (non-hydrogen) atoms. The summed E-state index contributed by atoms with van der Waals surface area (Å²) in [7, 11) is 0. The molecular weight excluding hydrogens is 288 g/mol. The van der Waals surface area contributed by atoms with Gasteiger partial charge in [-0.15, -0.1) is 11.3 Å². The number of likely N-dealkylation sites (tertiary alicyclic amines) is 1. The van der Waals surface area contributed by atoms with Crippen molar-refractivity contribution in [2.24, 2.45) is 0 Å². The Hall–Kier alpha value is -1.12. The Balaban J connectivity index is 1.82. The van der Waals surface area contributed by atoms with Crippen LogP contribution in [0.1, 0.15) is 23.3 Å². The number of carboxylic acids is 1. The molecule has 6 nitrogen and oxygen atoms in total. The van der Waals surface area contributed by atoms with E-state index in [1.165, 1.54) is 28.5 Å². The maximum Gasteiger partial charge on any atom is 0.355 e. The minimum absolute atomic E-state index is 0.00315. The first kappa shape index (κ1) is 14.3. The highest BCUT2D eigenvalue weighted by Crippen LogP contribution is 2.24. The van der Waals surface area contributed by atoms with Crippen molar-refractivity contribution in [3.8, 4) is 0 Å². The normalized spacial score (nSPS) is 19.1. The lowest BCUT2D eigenvalue weighted by Gasteiger charge is -2.22.